The average molecular weight is 479 g/mol. The minimum atomic E-state index is 0.107. The van der Waals surface area contributed by atoms with Gasteiger partial charge in [0, 0.05) is 39.1 Å². The van der Waals surface area contributed by atoms with E-state index in [1.54, 1.807) is 23.5 Å². The molecule has 1 aromatic carbocycles. The summed E-state index contributed by atoms with van der Waals surface area (Å²) in [5, 5.41) is 2.31. The third kappa shape index (κ3) is 9.78. The van der Waals surface area contributed by atoms with Crippen molar-refractivity contribution < 1.29 is 0 Å². The SMILES string of the molecule is CC(C)(C)NSc1nsc2ccccc12.CN(C)C(=S)SSC(=S)N(C)C. The summed E-state index contributed by atoms with van der Waals surface area (Å²) < 4.78 is 10.7. The van der Waals surface area contributed by atoms with Crippen molar-refractivity contribution in [1.29, 1.82) is 0 Å². The van der Waals surface area contributed by atoms with E-state index >= 15 is 0 Å². The van der Waals surface area contributed by atoms with Crippen LogP contribution in [-0.4, -0.2) is 56.5 Å². The van der Waals surface area contributed by atoms with E-state index < -0.39 is 0 Å². The second-order valence-electron chi connectivity index (χ2n) is 6.93. The van der Waals surface area contributed by atoms with Gasteiger partial charge >= 0.3 is 0 Å². The Morgan fingerprint density at radius 2 is 1.52 bits per heavy atom. The fraction of sp³-hybridized carbons (Fsp3) is 0.471. The van der Waals surface area contributed by atoms with Gasteiger partial charge in [0.15, 0.2) is 0 Å². The zero-order valence-corrected chi connectivity index (χ0v) is 21.5. The van der Waals surface area contributed by atoms with E-state index in [-0.39, 0.29) is 5.54 Å². The molecule has 0 radical (unpaired) electrons. The second kappa shape index (κ2) is 11.8. The molecule has 0 amide bonds. The number of hydrogen-bond donors (Lipinski definition) is 1. The molecule has 1 aromatic heterocycles. The van der Waals surface area contributed by atoms with Gasteiger partial charge in [-0.3, -0.25) is 4.72 Å². The van der Waals surface area contributed by atoms with Gasteiger partial charge < -0.3 is 9.80 Å². The number of thiocarbonyl (C=S) groups is 2. The van der Waals surface area contributed by atoms with E-state index in [1.165, 1.54) is 31.7 Å². The van der Waals surface area contributed by atoms with Crippen LogP contribution in [0.25, 0.3) is 10.1 Å². The van der Waals surface area contributed by atoms with Crippen molar-refractivity contribution >= 4 is 88.2 Å². The van der Waals surface area contributed by atoms with Crippen LogP contribution in [0.4, 0.5) is 0 Å². The number of benzene rings is 1. The molecule has 0 spiro atoms. The van der Waals surface area contributed by atoms with Crippen LogP contribution in [0.15, 0.2) is 29.3 Å². The number of aromatic nitrogens is 1. The van der Waals surface area contributed by atoms with E-state index in [4.69, 9.17) is 24.4 Å². The molecule has 1 heterocycles. The molecule has 150 valence electrons. The van der Waals surface area contributed by atoms with Gasteiger partial charge in [-0.2, -0.15) is 4.37 Å². The summed E-state index contributed by atoms with van der Waals surface area (Å²) in [5.74, 6) is 0. The van der Waals surface area contributed by atoms with Gasteiger partial charge in [0.05, 0.1) is 4.70 Å². The summed E-state index contributed by atoms with van der Waals surface area (Å²) in [6, 6.07) is 8.32. The lowest BCUT2D eigenvalue weighted by Crippen LogP contribution is -2.29. The molecule has 10 heteroatoms. The van der Waals surface area contributed by atoms with Crippen molar-refractivity contribution in [1.82, 2.24) is 18.9 Å². The van der Waals surface area contributed by atoms with Crippen LogP contribution in [-0.2, 0) is 0 Å². The highest BCUT2D eigenvalue weighted by Crippen LogP contribution is 2.29. The maximum Gasteiger partial charge on any atom is 0.146 e. The van der Waals surface area contributed by atoms with Gasteiger partial charge in [-0.1, -0.05) is 42.6 Å². The van der Waals surface area contributed by atoms with Gasteiger partial charge in [-0.15, -0.1) is 0 Å². The summed E-state index contributed by atoms with van der Waals surface area (Å²) in [6.07, 6.45) is 0. The van der Waals surface area contributed by atoms with Crippen LogP contribution in [0.1, 0.15) is 20.8 Å². The van der Waals surface area contributed by atoms with Gasteiger partial charge in [0.25, 0.3) is 0 Å². The van der Waals surface area contributed by atoms with Gasteiger partial charge in [0.1, 0.15) is 13.7 Å². The molecule has 2 aromatic rings. The summed E-state index contributed by atoms with van der Waals surface area (Å²) in [6.45, 7) is 6.44. The molecule has 0 aliphatic rings. The van der Waals surface area contributed by atoms with Crippen molar-refractivity contribution in [2.75, 3.05) is 28.2 Å². The van der Waals surface area contributed by atoms with E-state index in [1.807, 2.05) is 44.1 Å². The first kappa shape index (κ1) is 24.9. The number of nitrogens with one attached hydrogen (secondary N) is 1. The highest BCUT2D eigenvalue weighted by atomic mass is 33.1. The van der Waals surface area contributed by atoms with Gasteiger partial charge in [-0.25, -0.2) is 0 Å². The fourth-order valence-electron chi connectivity index (χ4n) is 1.36. The Bertz CT molecular complexity index is 731. The van der Waals surface area contributed by atoms with Gasteiger partial charge in [0.2, 0.25) is 0 Å². The first-order valence-electron chi connectivity index (χ1n) is 8.07. The Morgan fingerprint density at radius 3 is 2.00 bits per heavy atom. The minimum Gasteiger partial charge on any atom is -0.363 e. The van der Waals surface area contributed by atoms with Crippen LogP contribution in [0.5, 0.6) is 0 Å². The molecule has 1 N–H and O–H groups in total. The Kier molecular flexibility index (Phi) is 10.9. The predicted octanol–water partition coefficient (Wildman–Crippen LogP) is 5.75. The highest BCUT2D eigenvalue weighted by molar-refractivity contribution is 8.89. The van der Waals surface area contributed by atoms with E-state index in [9.17, 15) is 0 Å². The molecule has 0 saturated carbocycles. The number of hydrogen-bond acceptors (Lipinski definition) is 8. The third-order valence-corrected chi connectivity index (χ3v) is 9.03. The Balaban J connectivity index is 0.000000279. The molecule has 0 saturated heterocycles. The molecule has 4 nitrogen and oxygen atoms in total. The molecule has 0 bridgehead atoms. The number of rotatable bonds is 2. The first-order valence-corrected chi connectivity index (χ1v) is 12.6. The van der Waals surface area contributed by atoms with E-state index in [2.05, 4.69) is 48.1 Å². The largest absolute Gasteiger partial charge is 0.363 e. The Morgan fingerprint density at radius 1 is 1.00 bits per heavy atom. The van der Waals surface area contributed by atoms with Crippen LogP contribution in [0.2, 0.25) is 0 Å². The maximum absolute atomic E-state index is 5.07. The van der Waals surface area contributed by atoms with Crippen LogP contribution in [0, 0.1) is 0 Å². The third-order valence-electron chi connectivity index (χ3n) is 2.71. The summed E-state index contributed by atoms with van der Waals surface area (Å²) in [7, 11) is 10.7. The summed E-state index contributed by atoms with van der Waals surface area (Å²) in [4.78, 5) is 3.79. The lowest BCUT2D eigenvalue weighted by Gasteiger charge is -2.18. The lowest BCUT2D eigenvalue weighted by atomic mass is 10.1. The topological polar surface area (TPSA) is 31.4 Å². The molecular formula is C17H26N4S6. The van der Waals surface area contributed by atoms with Crippen molar-refractivity contribution in [3.05, 3.63) is 24.3 Å². The molecule has 0 unspecified atom stereocenters. The molecular weight excluding hydrogens is 453 g/mol. The van der Waals surface area contributed by atoms with Gasteiger partial charge in [-0.05, 0) is 71.9 Å². The zero-order chi connectivity index (χ0) is 20.6. The predicted molar refractivity (Wildman–Crippen MR) is 136 cm³/mol. The van der Waals surface area contributed by atoms with Crippen molar-refractivity contribution in [3.63, 3.8) is 0 Å². The Hall–Kier alpha value is -0.100. The minimum absolute atomic E-state index is 0.107. The lowest BCUT2D eigenvalue weighted by molar-refractivity contribution is 0.535. The molecule has 27 heavy (non-hydrogen) atoms. The molecule has 0 aliphatic heterocycles. The fourth-order valence-corrected chi connectivity index (χ4v) is 5.43. The molecule has 0 aliphatic carbocycles. The van der Waals surface area contributed by atoms with Crippen molar-refractivity contribution in [2.45, 2.75) is 31.3 Å². The summed E-state index contributed by atoms with van der Waals surface area (Å²) >= 11 is 13.3. The second-order valence-corrected chi connectivity index (χ2v) is 11.9. The molecule has 0 atom stereocenters. The monoisotopic (exact) mass is 478 g/mol. The standard InChI is InChI=1S/C11H14N2S2.C6H12N2S4/c1-11(2,3)13-15-10-8-6-4-5-7-9(8)14-12-10;1-7(2)5(9)11-12-6(10)8(3)4/h4-7,13H,1-3H3;1-4H3. The maximum atomic E-state index is 5.07. The van der Waals surface area contributed by atoms with Crippen LogP contribution >= 0.6 is 69.5 Å². The number of fused-ring (bicyclic) bond motifs is 1. The first-order chi connectivity index (χ1) is 12.5. The normalized spacial score (nSPS) is 10.9. The van der Waals surface area contributed by atoms with E-state index in [0.29, 0.717) is 0 Å². The van der Waals surface area contributed by atoms with E-state index in [0.717, 1.165) is 13.7 Å². The quantitative estimate of drug-likeness (QED) is 0.329. The molecule has 0 fully saturated rings. The summed E-state index contributed by atoms with van der Waals surface area (Å²) in [5.41, 5.74) is 0.107. The average Bonchev–Trinajstić information content (AvgIpc) is 3.00. The number of nitrogens with zero attached hydrogens (tertiary/aromatic N) is 3. The van der Waals surface area contributed by atoms with Crippen LogP contribution < -0.4 is 4.72 Å². The van der Waals surface area contributed by atoms with Crippen molar-refractivity contribution in [3.8, 4) is 0 Å². The highest BCUT2D eigenvalue weighted by Gasteiger charge is 2.12. The smallest absolute Gasteiger partial charge is 0.146 e. The van der Waals surface area contributed by atoms with Crippen LogP contribution in [0.3, 0.4) is 0 Å². The Labute approximate surface area is 189 Å². The van der Waals surface area contributed by atoms with Crippen molar-refractivity contribution in [2.24, 2.45) is 0 Å². The molecule has 2 rings (SSSR count). The zero-order valence-electron chi connectivity index (χ0n) is 16.6.